The van der Waals surface area contributed by atoms with E-state index in [1.807, 2.05) is 31.2 Å². The van der Waals surface area contributed by atoms with Gasteiger partial charge in [-0.15, -0.1) is 11.3 Å². The maximum absolute atomic E-state index is 12.3. The van der Waals surface area contributed by atoms with Gasteiger partial charge in [0.05, 0.1) is 0 Å². The van der Waals surface area contributed by atoms with Crippen LogP contribution in [0, 0.1) is 6.92 Å². The molecule has 0 saturated carbocycles. The SMILES string of the molecule is Cc1ccc(N2CCN(C(=O)c3csc(Br)n3)CC2=O)cc1. The molecule has 1 aromatic heterocycles. The highest BCUT2D eigenvalue weighted by molar-refractivity contribution is 9.11. The Morgan fingerprint density at radius 1 is 1.27 bits per heavy atom. The number of amides is 2. The minimum absolute atomic E-state index is 0.0715. The highest BCUT2D eigenvalue weighted by Crippen LogP contribution is 2.21. The van der Waals surface area contributed by atoms with Crippen molar-refractivity contribution in [1.29, 1.82) is 0 Å². The second kappa shape index (κ2) is 6.18. The van der Waals surface area contributed by atoms with E-state index in [0.717, 1.165) is 11.3 Å². The van der Waals surface area contributed by atoms with Crippen LogP contribution in [0.25, 0.3) is 0 Å². The molecule has 1 aliphatic rings. The molecule has 3 rings (SSSR count). The van der Waals surface area contributed by atoms with Crippen molar-refractivity contribution in [2.24, 2.45) is 0 Å². The fraction of sp³-hybridized carbons (Fsp3) is 0.267. The molecule has 0 atom stereocenters. The number of carbonyl (C=O) groups excluding carboxylic acids is 2. The first-order valence-corrected chi connectivity index (χ1v) is 8.49. The molecule has 114 valence electrons. The average Bonchev–Trinajstić information content (AvgIpc) is 2.94. The zero-order valence-corrected chi connectivity index (χ0v) is 14.4. The van der Waals surface area contributed by atoms with E-state index in [0.29, 0.717) is 22.7 Å². The van der Waals surface area contributed by atoms with E-state index >= 15 is 0 Å². The number of halogens is 1. The molecule has 5 nitrogen and oxygen atoms in total. The Balaban J connectivity index is 1.71. The van der Waals surface area contributed by atoms with E-state index in [4.69, 9.17) is 0 Å². The summed E-state index contributed by atoms with van der Waals surface area (Å²) in [4.78, 5) is 32.1. The normalized spacial score (nSPS) is 15.3. The van der Waals surface area contributed by atoms with Crippen LogP contribution < -0.4 is 4.90 Å². The highest BCUT2D eigenvalue weighted by Gasteiger charge is 2.29. The molecule has 1 aromatic carbocycles. The smallest absolute Gasteiger partial charge is 0.273 e. The summed E-state index contributed by atoms with van der Waals surface area (Å²) >= 11 is 4.60. The Morgan fingerprint density at radius 2 is 2.00 bits per heavy atom. The van der Waals surface area contributed by atoms with Crippen LogP contribution in [0.2, 0.25) is 0 Å². The zero-order chi connectivity index (χ0) is 15.7. The fourth-order valence-corrected chi connectivity index (χ4v) is 3.34. The molecule has 2 aromatic rings. The quantitative estimate of drug-likeness (QED) is 0.805. The standard InChI is InChI=1S/C15H14BrN3O2S/c1-10-2-4-11(5-3-10)19-7-6-18(8-13(19)20)14(21)12-9-22-15(16)17-12/h2-5,9H,6-8H2,1H3. The summed E-state index contributed by atoms with van der Waals surface area (Å²) in [5, 5.41) is 1.70. The molecule has 1 aliphatic heterocycles. The fourth-order valence-electron chi connectivity index (χ4n) is 2.36. The van der Waals surface area contributed by atoms with E-state index in [1.165, 1.54) is 11.3 Å². The molecule has 2 heterocycles. The number of anilines is 1. The largest absolute Gasteiger partial charge is 0.326 e. The third-order valence-electron chi connectivity index (χ3n) is 3.55. The molecule has 7 heteroatoms. The van der Waals surface area contributed by atoms with Crippen LogP contribution in [0.15, 0.2) is 33.6 Å². The minimum atomic E-state index is -0.196. The average molecular weight is 380 g/mol. The van der Waals surface area contributed by atoms with Crippen molar-refractivity contribution in [3.63, 3.8) is 0 Å². The molecular formula is C15H14BrN3O2S. The molecule has 0 unspecified atom stereocenters. The molecule has 0 N–H and O–H groups in total. The second-order valence-corrected chi connectivity index (χ2v) is 7.23. The molecule has 1 fully saturated rings. The third-order valence-corrected chi connectivity index (χ3v) is 4.91. The van der Waals surface area contributed by atoms with Crippen molar-refractivity contribution in [3.05, 3.63) is 44.8 Å². The Kier molecular flexibility index (Phi) is 4.26. The van der Waals surface area contributed by atoms with E-state index in [-0.39, 0.29) is 18.4 Å². The molecule has 0 spiro atoms. The lowest BCUT2D eigenvalue weighted by molar-refractivity contribution is -0.120. The van der Waals surface area contributed by atoms with Crippen molar-refractivity contribution in [1.82, 2.24) is 9.88 Å². The maximum atomic E-state index is 12.3. The van der Waals surface area contributed by atoms with Gasteiger partial charge in [-0.2, -0.15) is 0 Å². The predicted molar refractivity (Wildman–Crippen MR) is 89.2 cm³/mol. The highest BCUT2D eigenvalue weighted by atomic mass is 79.9. The Bertz CT molecular complexity index is 714. The van der Waals surface area contributed by atoms with Crippen LogP contribution in [0.4, 0.5) is 5.69 Å². The number of aromatic nitrogens is 1. The van der Waals surface area contributed by atoms with E-state index < -0.39 is 0 Å². The Morgan fingerprint density at radius 3 is 2.59 bits per heavy atom. The molecule has 1 saturated heterocycles. The third kappa shape index (κ3) is 3.05. The minimum Gasteiger partial charge on any atom is -0.326 e. The van der Waals surface area contributed by atoms with Crippen LogP contribution in [0.3, 0.4) is 0 Å². The van der Waals surface area contributed by atoms with Gasteiger partial charge in [0, 0.05) is 24.2 Å². The first-order valence-electron chi connectivity index (χ1n) is 6.82. The van der Waals surface area contributed by atoms with E-state index in [2.05, 4.69) is 20.9 Å². The molecule has 0 aliphatic carbocycles. The second-order valence-electron chi connectivity index (χ2n) is 5.09. The predicted octanol–water partition coefficient (Wildman–Crippen LogP) is 2.70. The number of hydrogen-bond acceptors (Lipinski definition) is 4. The van der Waals surface area contributed by atoms with Crippen LogP contribution in [-0.2, 0) is 4.79 Å². The molecular weight excluding hydrogens is 366 g/mol. The van der Waals surface area contributed by atoms with Gasteiger partial charge >= 0.3 is 0 Å². The summed E-state index contributed by atoms with van der Waals surface area (Å²) in [5.74, 6) is -0.267. The van der Waals surface area contributed by atoms with Crippen molar-refractivity contribution in [3.8, 4) is 0 Å². The van der Waals surface area contributed by atoms with Crippen LogP contribution in [0.1, 0.15) is 16.1 Å². The van der Waals surface area contributed by atoms with Crippen molar-refractivity contribution < 1.29 is 9.59 Å². The summed E-state index contributed by atoms with van der Waals surface area (Å²) < 4.78 is 0.667. The summed E-state index contributed by atoms with van der Waals surface area (Å²) in [6.07, 6.45) is 0. The van der Waals surface area contributed by atoms with Crippen molar-refractivity contribution in [2.45, 2.75) is 6.92 Å². The van der Waals surface area contributed by atoms with Crippen molar-refractivity contribution >= 4 is 44.8 Å². The van der Waals surface area contributed by atoms with Crippen LogP contribution in [-0.4, -0.2) is 41.3 Å². The topological polar surface area (TPSA) is 53.5 Å². The van der Waals surface area contributed by atoms with Gasteiger partial charge in [-0.1, -0.05) is 17.7 Å². The summed E-state index contributed by atoms with van der Waals surface area (Å²) in [5.41, 5.74) is 2.41. The van der Waals surface area contributed by atoms with Gasteiger partial charge in [-0.3, -0.25) is 9.59 Å². The van der Waals surface area contributed by atoms with Gasteiger partial charge in [-0.05, 0) is 35.0 Å². The molecule has 0 bridgehead atoms. The first kappa shape index (κ1) is 15.2. The van der Waals surface area contributed by atoms with Gasteiger partial charge in [0.25, 0.3) is 5.91 Å². The molecule has 0 radical (unpaired) electrons. The van der Waals surface area contributed by atoms with Gasteiger partial charge in [0.1, 0.15) is 12.2 Å². The van der Waals surface area contributed by atoms with E-state index in [9.17, 15) is 9.59 Å². The van der Waals surface area contributed by atoms with Gasteiger partial charge in [-0.25, -0.2) is 4.98 Å². The number of carbonyl (C=O) groups is 2. The number of aryl methyl sites for hydroxylation is 1. The lowest BCUT2D eigenvalue weighted by Crippen LogP contribution is -2.52. The van der Waals surface area contributed by atoms with Crippen LogP contribution >= 0.6 is 27.3 Å². The van der Waals surface area contributed by atoms with Crippen molar-refractivity contribution in [2.75, 3.05) is 24.5 Å². The monoisotopic (exact) mass is 379 g/mol. The van der Waals surface area contributed by atoms with Gasteiger partial charge < -0.3 is 9.80 Å². The first-order chi connectivity index (χ1) is 10.5. The maximum Gasteiger partial charge on any atom is 0.273 e. The lowest BCUT2D eigenvalue weighted by atomic mass is 10.2. The summed E-state index contributed by atoms with van der Waals surface area (Å²) in [7, 11) is 0. The van der Waals surface area contributed by atoms with Gasteiger partial charge in [0.15, 0.2) is 3.92 Å². The zero-order valence-electron chi connectivity index (χ0n) is 12.0. The summed E-state index contributed by atoms with van der Waals surface area (Å²) in [6, 6.07) is 7.82. The number of nitrogens with zero attached hydrogens (tertiary/aromatic N) is 3. The number of thiazole rings is 1. The van der Waals surface area contributed by atoms with Gasteiger partial charge in [0.2, 0.25) is 5.91 Å². The van der Waals surface area contributed by atoms with E-state index in [1.54, 1.807) is 15.2 Å². The number of piperazine rings is 1. The number of rotatable bonds is 2. The number of hydrogen-bond donors (Lipinski definition) is 0. The molecule has 22 heavy (non-hydrogen) atoms. The van der Waals surface area contributed by atoms with Crippen LogP contribution in [0.5, 0.6) is 0 Å². The Labute approximate surface area is 140 Å². The number of benzene rings is 1. The summed E-state index contributed by atoms with van der Waals surface area (Å²) in [6.45, 7) is 3.10. The lowest BCUT2D eigenvalue weighted by Gasteiger charge is -2.34. The Hall–Kier alpha value is -1.73. The molecule has 2 amide bonds.